The van der Waals surface area contributed by atoms with E-state index in [2.05, 4.69) is 18.0 Å². The third kappa shape index (κ3) is 1.83. The zero-order valence-corrected chi connectivity index (χ0v) is 11.0. The van der Waals surface area contributed by atoms with Crippen LogP contribution in [0.4, 0.5) is 0 Å². The van der Waals surface area contributed by atoms with E-state index in [9.17, 15) is 4.79 Å². The second kappa shape index (κ2) is 4.39. The normalized spacial score (nSPS) is 27.6. The Morgan fingerprint density at radius 1 is 1.39 bits per heavy atom. The number of piperidine rings is 1. The molecule has 0 N–H and O–H groups in total. The third-order valence-electron chi connectivity index (χ3n) is 4.37. The Balaban J connectivity index is 2.04. The first-order chi connectivity index (χ1) is 8.69. The maximum Gasteiger partial charge on any atom is 0.163 e. The van der Waals surface area contributed by atoms with Gasteiger partial charge in [0, 0.05) is 24.4 Å². The summed E-state index contributed by atoms with van der Waals surface area (Å²) < 4.78 is 5.30. The Morgan fingerprint density at radius 2 is 2.22 bits per heavy atom. The lowest BCUT2D eigenvalue weighted by Gasteiger charge is -2.40. The molecule has 1 aliphatic heterocycles. The summed E-state index contributed by atoms with van der Waals surface area (Å²) in [6.07, 6.45) is 1.85. The summed E-state index contributed by atoms with van der Waals surface area (Å²) in [5.41, 5.74) is 2.11. The first-order valence-corrected chi connectivity index (χ1v) is 6.58. The van der Waals surface area contributed by atoms with E-state index in [1.54, 1.807) is 7.11 Å². The van der Waals surface area contributed by atoms with Gasteiger partial charge in [-0.15, -0.1) is 0 Å². The van der Waals surface area contributed by atoms with Crippen LogP contribution in [-0.2, 0) is 0 Å². The number of fused-ring (bicyclic) bond motifs is 3. The predicted molar refractivity (Wildman–Crippen MR) is 70.3 cm³/mol. The fourth-order valence-corrected chi connectivity index (χ4v) is 3.34. The molecule has 1 aromatic rings. The number of carbonyl (C=O) groups excluding carboxylic acids is 1. The first kappa shape index (κ1) is 11.7. The number of nitrogens with zero attached hydrogens (tertiary/aromatic N) is 1. The van der Waals surface area contributed by atoms with E-state index in [0.29, 0.717) is 17.6 Å². The van der Waals surface area contributed by atoms with Crippen molar-refractivity contribution in [2.45, 2.75) is 18.8 Å². The second-order valence-corrected chi connectivity index (χ2v) is 5.50. The van der Waals surface area contributed by atoms with E-state index < -0.39 is 0 Å². The lowest BCUT2D eigenvalue weighted by Crippen LogP contribution is -2.40. The number of ether oxygens (including phenoxy) is 1. The van der Waals surface area contributed by atoms with Gasteiger partial charge in [0.2, 0.25) is 0 Å². The highest BCUT2D eigenvalue weighted by atomic mass is 16.5. The maximum absolute atomic E-state index is 12.2. The van der Waals surface area contributed by atoms with Crippen molar-refractivity contribution in [1.29, 1.82) is 0 Å². The van der Waals surface area contributed by atoms with Crippen molar-refractivity contribution in [3.05, 3.63) is 29.3 Å². The van der Waals surface area contributed by atoms with E-state index in [1.807, 2.05) is 12.1 Å². The van der Waals surface area contributed by atoms with Gasteiger partial charge in [-0.05, 0) is 49.7 Å². The van der Waals surface area contributed by atoms with E-state index in [4.69, 9.17) is 4.74 Å². The highest BCUT2D eigenvalue weighted by Gasteiger charge is 2.37. The molecule has 2 unspecified atom stereocenters. The summed E-state index contributed by atoms with van der Waals surface area (Å²) in [5.74, 6) is 2.17. The molecular weight excluding hydrogens is 226 g/mol. The lowest BCUT2D eigenvalue weighted by molar-refractivity contribution is 0.0887. The van der Waals surface area contributed by atoms with Gasteiger partial charge >= 0.3 is 0 Å². The number of likely N-dealkylation sites (tertiary alicyclic amines) is 1. The third-order valence-corrected chi connectivity index (χ3v) is 4.37. The van der Waals surface area contributed by atoms with Crippen LogP contribution in [0.25, 0.3) is 0 Å². The Kier molecular flexibility index (Phi) is 2.86. The largest absolute Gasteiger partial charge is 0.497 e. The number of likely N-dealkylation sites (N-methyl/N-ethyl adjacent to an activating group) is 1. The van der Waals surface area contributed by atoms with E-state index in [-0.39, 0.29) is 0 Å². The fraction of sp³-hybridized carbons (Fsp3) is 0.533. The standard InChI is InChI=1S/C15H19NO2/c1-16-6-5-10-7-15(17)12-4-3-11(18-2)8-13(12)14(10)9-16/h3-4,8,10,14H,5-7,9H2,1-2H3. The molecule has 0 radical (unpaired) electrons. The molecule has 2 atom stereocenters. The molecule has 3 rings (SSSR count). The van der Waals surface area contributed by atoms with Gasteiger partial charge in [-0.3, -0.25) is 4.79 Å². The van der Waals surface area contributed by atoms with Gasteiger partial charge in [0.25, 0.3) is 0 Å². The van der Waals surface area contributed by atoms with E-state index >= 15 is 0 Å². The fourth-order valence-electron chi connectivity index (χ4n) is 3.34. The van der Waals surface area contributed by atoms with Crippen molar-refractivity contribution in [3.63, 3.8) is 0 Å². The first-order valence-electron chi connectivity index (χ1n) is 6.58. The van der Waals surface area contributed by atoms with Crippen molar-refractivity contribution in [2.24, 2.45) is 5.92 Å². The van der Waals surface area contributed by atoms with Crippen LogP contribution in [0.3, 0.4) is 0 Å². The number of carbonyl (C=O) groups is 1. The summed E-state index contributed by atoms with van der Waals surface area (Å²) >= 11 is 0. The monoisotopic (exact) mass is 245 g/mol. The number of ketones is 1. The number of hydrogen-bond donors (Lipinski definition) is 0. The van der Waals surface area contributed by atoms with Gasteiger partial charge in [-0.2, -0.15) is 0 Å². The van der Waals surface area contributed by atoms with Crippen LogP contribution < -0.4 is 4.74 Å². The Hall–Kier alpha value is -1.35. The molecular formula is C15H19NO2. The summed E-state index contributed by atoms with van der Waals surface area (Å²) in [6.45, 7) is 2.16. The number of hydrogen-bond acceptors (Lipinski definition) is 3. The predicted octanol–water partition coefficient (Wildman–Crippen LogP) is 2.32. The minimum absolute atomic E-state index is 0.304. The molecule has 1 aromatic carbocycles. The van der Waals surface area contributed by atoms with Gasteiger partial charge in [-0.1, -0.05) is 0 Å². The molecule has 1 aliphatic carbocycles. The van der Waals surface area contributed by atoms with Crippen LogP contribution in [0.2, 0.25) is 0 Å². The molecule has 1 saturated heterocycles. The van der Waals surface area contributed by atoms with Crippen LogP contribution in [-0.4, -0.2) is 37.9 Å². The number of Topliss-reactive ketones (excluding diaryl/α,β-unsaturated/α-hetero) is 1. The summed E-state index contributed by atoms with van der Waals surface area (Å²) in [6, 6.07) is 5.88. The van der Waals surface area contributed by atoms with Gasteiger partial charge in [0.1, 0.15) is 5.75 Å². The second-order valence-electron chi connectivity index (χ2n) is 5.50. The molecule has 1 fully saturated rings. The molecule has 96 valence electrons. The van der Waals surface area contributed by atoms with E-state index in [1.165, 1.54) is 5.56 Å². The van der Waals surface area contributed by atoms with Gasteiger partial charge in [0.05, 0.1) is 7.11 Å². The zero-order valence-electron chi connectivity index (χ0n) is 11.0. The highest BCUT2D eigenvalue weighted by molar-refractivity contribution is 5.99. The Labute approximate surface area is 108 Å². The quantitative estimate of drug-likeness (QED) is 0.760. The Morgan fingerprint density at radius 3 is 3.00 bits per heavy atom. The summed E-state index contributed by atoms with van der Waals surface area (Å²) in [5, 5.41) is 0. The van der Waals surface area contributed by atoms with Crippen LogP contribution in [0.5, 0.6) is 5.75 Å². The zero-order chi connectivity index (χ0) is 12.7. The number of rotatable bonds is 1. The molecule has 2 aliphatic rings. The van der Waals surface area contributed by atoms with Crippen LogP contribution in [0, 0.1) is 5.92 Å². The molecule has 18 heavy (non-hydrogen) atoms. The molecule has 3 nitrogen and oxygen atoms in total. The minimum Gasteiger partial charge on any atom is -0.497 e. The molecule has 0 bridgehead atoms. The average molecular weight is 245 g/mol. The van der Waals surface area contributed by atoms with Crippen molar-refractivity contribution >= 4 is 5.78 Å². The average Bonchev–Trinajstić information content (AvgIpc) is 2.39. The molecule has 0 aromatic heterocycles. The lowest BCUT2D eigenvalue weighted by atomic mass is 9.71. The molecule has 0 saturated carbocycles. The maximum atomic E-state index is 12.2. The topological polar surface area (TPSA) is 29.5 Å². The van der Waals surface area contributed by atoms with E-state index in [0.717, 1.165) is 37.2 Å². The molecule has 0 amide bonds. The van der Waals surface area contributed by atoms with Crippen LogP contribution in [0.1, 0.15) is 34.7 Å². The summed E-state index contributed by atoms with van der Waals surface area (Å²) in [4.78, 5) is 14.5. The van der Waals surface area contributed by atoms with Crippen LogP contribution in [0.15, 0.2) is 18.2 Å². The van der Waals surface area contributed by atoms with Crippen LogP contribution >= 0.6 is 0 Å². The number of methoxy groups -OCH3 is 1. The molecule has 3 heteroatoms. The van der Waals surface area contributed by atoms with Gasteiger partial charge in [0.15, 0.2) is 5.78 Å². The summed E-state index contributed by atoms with van der Waals surface area (Å²) in [7, 11) is 3.84. The molecule has 0 spiro atoms. The van der Waals surface area contributed by atoms with Gasteiger partial charge < -0.3 is 9.64 Å². The van der Waals surface area contributed by atoms with Crippen molar-refractivity contribution in [2.75, 3.05) is 27.2 Å². The van der Waals surface area contributed by atoms with Crippen molar-refractivity contribution < 1.29 is 9.53 Å². The number of benzene rings is 1. The van der Waals surface area contributed by atoms with Crippen molar-refractivity contribution in [3.8, 4) is 5.75 Å². The highest BCUT2D eigenvalue weighted by Crippen LogP contribution is 2.41. The van der Waals surface area contributed by atoms with Gasteiger partial charge in [-0.25, -0.2) is 0 Å². The Bertz CT molecular complexity index is 483. The van der Waals surface area contributed by atoms with Crippen molar-refractivity contribution in [1.82, 2.24) is 4.90 Å². The molecule has 1 heterocycles. The smallest absolute Gasteiger partial charge is 0.163 e. The SMILES string of the molecule is COc1ccc2c(c1)C1CN(C)CCC1CC2=O. The minimum atomic E-state index is 0.304.